The quantitative estimate of drug-likeness (QED) is 0.313. The molecule has 0 bridgehead atoms. The van der Waals surface area contributed by atoms with E-state index < -0.39 is 11.2 Å². The van der Waals surface area contributed by atoms with Crippen molar-refractivity contribution in [2.45, 2.75) is 26.6 Å². The summed E-state index contributed by atoms with van der Waals surface area (Å²) in [6, 6.07) is 5.87. The summed E-state index contributed by atoms with van der Waals surface area (Å²) in [5.74, 6) is -0.362. The largest absolute Gasteiger partial charge is 0.352 e. The van der Waals surface area contributed by atoms with E-state index in [1.54, 1.807) is 19.9 Å². The molecule has 0 aliphatic heterocycles. The fourth-order valence-electron chi connectivity index (χ4n) is 1.67. The molecule has 0 fully saturated rings. The molecule has 0 atom stereocenters. The predicted molar refractivity (Wildman–Crippen MR) is 69.1 cm³/mol. The molecule has 0 radical (unpaired) electrons. The number of rotatable bonds is 8. The Morgan fingerprint density at radius 2 is 1.84 bits per heavy atom. The zero-order valence-electron chi connectivity index (χ0n) is 11.0. The van der Waals surface area contributed by atoms with Gasteiger partial charge in [0.25, 0.3) is 5.69 Å². The number of ketones is 1. The molecule has 1 aromatic rings. The maximum atomic E-state index is 12.1. The molecular formula is C13H17NO5. The Balaban J connectivity index is 2.85. The summed E-state index contributed by atoms with van der Waals surface area (Å²) in [6.45, 7) is 4.41. The highest BCUT2D eigenvalue weighted by molar-refractivity contribution is 5.99. The molecule has 0 aromatic heterocycles. The van der Waals surface area contributed by atoms with Crippen molar-refractivity contribution in [2.24, 2.45) is 0 Å². The van der Waals surface area contributed by atoms with Crippen molar-refractivity contribution in [2.75, 3.05) is 13.2 Å². The second kappa shape index (κ2) is 7.60. The van der Waals surface area contributed by atoms with E-state index in [0.717, 1.165) is 0 Å². The third kappa shape index (κ3) is 4.42. The van der Waals surface area contributed by atoms with Gasteiger partial charge in [0.2, 0.25) is 0 Å². The van der Waals surface area contributed by atoms with Crippen molar-refractivity contribution in [3.05, 3.63) is 39.9 Å². The summed E-state index contributed by atoms with van der Waals surface area (Å²) in [6.07, 6.45) is -0.700. The molecule has 0 saturated carbocycles. The SMILES string of the molecule is CCOC(CC(=O)c1ccccc1[N+](=O)[O-])OCC. The van der Waals surface area contributed by atoms with Crippen LogP contribution < -0.4 is 0 Å². The van der Waals surface area contributed by atoms with E-state index >= 15 is 0 Å². The van der Waals surface area contributed by atoms with E-state index in [2.05, 4.69) is 0 Å². The molecule has 0 amide bonds. The number of Topliss-reactive ketones (excluding diaryl/α,β-unsaturated/α-hetero) is 1. The van der Waals surface area contributed by atoms with Crippen LogP contribution in [0, 0.1) is 10.1 Å². The number of nitro benzene ring substituents is 1. The first-order valence-corrected chi connectivity index (χ1v) is 6.09. The molecule has 0 N–H and O–H groups in total. The molecule has 1 rings (SSSR count). The van der Waals surface area contributed by atoms with Crippen LogP contribution in [0.4, 0.5) is 5.69 Å². The average molecular weight is 267 g/mol. The molecule has 104 valence electrons. The van der Waals surface area contributed by atoms with Crippen molar-refractivity contribution in [3.63, 3.8) is 0 Å². The normalized spacial score (nSPS) is 10.7. The van der Waals surface area contributed by atoms with E-state index in [4.69, 9.17) is 9.47 Å². The Morgan fingerprint density at radius 3 is 2.37 bits per heavy atom. The van der Waals surface area contributed by atoms with Gasteiger partial charge in [0.1, 0.15) is 0 Å². The molecule has 0 aliphatic rings. The third-order valence-electron chi connectivity index (χ3n) is 2.46. The molecule has 6 nitrogen and oxygen atoms in total. The molecule has 0 aliphatic carbocycles. The lowest BCUT2D eigenvalue weighted by molar-refractivity contribution is -0.385. The lowest BCUT2D eigenvalue weighted by Gasteiger charge is -2.15. The van der Waals surface area contributed by atoms with E-state index in [-0.39, 0.29) is 23.5 Å². The van der Waals surface area contributed by atoms with Crippen LogP contribution >= 0.6 is 0 Å². The topological polar surface area (TPSA) is 78.7 Å². The molecule has 0 saturated heterocycles. The minimum atomic E-state index is -0.665. The van der Waals surface area contributed by atoms with Crippen molar-refractivity contribution in [1.82, 2.24) is 0 Å². The van der Waals surface area contributed by atoms with E-state index in [1.165, 1.54) is 18.2 Å². The zero-order valence-corrected chi connectivity index (χ0v) is 11.0. The molecule has 19 heavy (non-hydrogen) atoms. The number of para-hydroxylation sites is 1. The number of hydrogen-bond acceptors (Lipinski definition) is 5. The number of nitrogens with zero attached hydrogens (tertiary/aromatic N) is 1. The highest BCUT2D eigenvalue weighted by Gasteiger charge is 2.22. The Kier molecular flexibility index (Phi) is 6.11. The van der Waals surface area contributed by atoms with Crippen LogP contribution in [0.3, 0.4) is 0 Å². The van der Waals surface area contributed by atoms with Gasteiger partial charge in [-0.25, -0.2) is 0 Å². The Bertz CT molecular complexity index is 440. The molecular weight excluding hydrogens is 250 g/mol. The number of nitro groups is 1. The molecule has 0 unspecified atom stereocenters. The predicted octanol–water partition coefficient (Wildman–Crippen LogP) is 2.57. The van der Waals surface area contributed by atoms with Gasteiger partial charge in [-0.15, -0.1) is 0 Å². The first-order valence-electron chi connectivity index (χ1n) is 6.09. The number of hydrogen-bond donors (Lipinski definition) is 0. The van der Waals surface area contributed by atoms with Crippen molar-refractivity contribution >= 4 is 11.5 Å². The minimum Gasteiger partial charge on any atom is -0.352 e. The van der Waals surface area contributed by atoms with Gasteiger partial charge < -0.3 is 9.47 Å². The van der Waals surface area contributed by atoms with Crippen LogP contribution in [-0.2, 0) is 9.47 Å². The van der Waals surface area contributed by atoms with Crippen LogP contribution in [0.25, 0.3) is 0 Å². The number of carbonyl (C=O) groups excluding carboxylic acids is 1. The Hall–Kier alpha value is -1.79. The molecule has 0 spiro atoms. The highest BCUT2D eigenvalue weighted by atomic mass is 16.7. The number of carbonyl (C=O) groups is 1. The second-order valence-corrected chi connectivity index (χ2v) is 3.74. The minimum absolute atomic E-state index is 0.0352. The van der Waals surface area contributed by atoms with Crippen LogP contribution in [0.15, 0.2) is 24.3 Å². The smallest absolute Gasteiger partial charge is 0.280 e. The van der Waals surface area contributed by atoms with E-state index in [0.29, 0.717) is 13.2 Å². The third-order valence-corrected chi connectivity index (χ3v) is 2.46. The molecule has 1 aromatic carbocycles. The van der Waals surface area contributed by atoms with Gasteiger partial charge in [0.15, 0.2) is 12.1 Å². The summed E-state index contributed by atoms with van der Waals surface area (Å²) in [7, 11) is 0. The van der Waals surface area contributed by atoms with Gasteiger partial charge in [-0.05, 0) is 19.9 Å². The lowest BCUT2D eigenvalue weighted by atomic mass is 10.1. The number of benzene rings is 1. The summed E-state index contributed by atoms with van der Waals surface area (Å²) in [4.78, 5) is 22.4. The van der Waals surface area contributed by atoms with Crippen LogP contribution in [-0.4, -0.2) is 30.2 Å². The van der Waals surface area contributed by atoms with Crippen LogP contribution in [0.5, 0.6) is 0 Å². The van der Waals surface area contributed by atoms with Gasteiger partial charge in [0, 0.05) is 19.3 Å². The van der Waals surface area contributed by atoms with Crippen LogP contribution in [0.2, 0.25) is 0 Å². The van der Waals surface area contributed by atoms with Gasteiger partial charge in [-0.1, -0.05) is 12.1 Å². The Labute approximate surface area is 111 Å². The van der Waals surface area contributed by atoms with Gasteiger partial charge in [0.05, 0.1) is 16.9 Å². The summed E-state index contributed by atoms with van der Waals surface area (Å²) in [5, 5.41) is 10.9. The summed E-state index contributed by atoms with van der Waals surface area (Å²) in [5.41, 5.74) is -0.115. The highest BCUT2D eigenvalue weighted by Crippen LogP contribution is 2.20. The van der Waals surface area contributed by atoms with Gasteiger partial charge in [-0.3, -0.25) is 14.9 Å². The van der Waals surface area contributed by atoms with Crippen molar-refractivity contribution in [1.29, 1.82) is 0 Å². The standard InChI is InChI=1S/C13H17NO5/c1-3-18-13(19-4-2)9-12(15)10-7-5-6-8-11(10)14(16)17/h5-8,13H,3-4,9H2,1-2H3. The van der Waals surface area contributed by atoms with E-state index in [1.807, 2.05) is 0 Å². The molecule has 0 heterocycles. The average Bonchev–Trinajstić information content (AvgIpc) is 2.39. The molecule has 6 heteroatoms. The van der Waals surface area contributed by atoms with Crippen molar-refractivity contribution in [3.8, 4) is 0 Å². The fourth-order valence-corrected chi connectivity index (χ4v) is 1.67. The monoisotopic (exact) mass is 267 g/mol. The zero-order chi connectivity index (χ0) is 14.3. The number of ether oxygens (including phenoxy) is 2. The maximum absolute atomic E-state index is 12.1. The Morgan fingerprint density at radius 1 is 1.26 bits per heavy atom. The fraction of sp³-hybridized carbons (Fsp3) is 0.462. The van der Waals surface area contributed by atoms with Gasteiger partial charge >= 0.3 is 0 Å². The lowest BCUT2D eigenvalue weighted by Crippen LogP contribution is -2.22. The first-order chi connectivity index (χ1) is 9.10. The maximum Gasteiger partial charge on any atom is 0.280 e. The van der Waals surface area contributed by atoms with Gasteiger partial charge in [-0.2, -0.15) is 0 Å². The first kappa shape index (κ1) is 15.3. The summed E-state index contributed by atoms with van der Waals surface area (Å²) < 4.78 is 10.5. The summed E-state index contributed by atoms with van der Waals surface area (Å²) >= 11 is 0. The van der Waals surface area contributed by atoms with Crippen molar-refractivity contribution < 1.29 is 19.2 Å². The second-order valence-electron chi connectivity index (χ2n) is 3.74. The van der Waals surface area contributed by atoms with Crippen LogP contribution in [0.1, 0.15) is 30.6 Å². The van der Waals surface area contributed by atoms with E-state index in [9.17, 15) is 14.9 Å².